The summed E-state index contributed by atoms with van der Waals surface area (Å²) in [5.74, 6) is -1.09. The maximum absolute atomic E-state index is 11.0. The Hall–Kier alpha value is -2.54. The smallest absolute Gasteiger partial charge is 0.374 e. The molecule has 0 aliphatic carbocycles. The van der Waals surface area contributed by atoms with Crippen LogP contribution in [0.1, 0.15) is 20.9 Å². The molecule has 1 aliphatic heterocycles. The van der Waals surface area contributed by atoms with Gasteiger partial charge >= 0.3 is 5.97 Å². The molecule has 0 saturated heterocycles. The van der Waals surface area contributed by atoms with E-state index >= 15 is 0 Å². The van der Waals surface area contributed by atoms with Gasteiger partial charge in [0.05, 0.1) is 16.1 Å². The fourth-order valence-electron chi connectivity index (χ4n) is 1.88. The predicted molar refractivity (Wildman–Crippen MR) is 65.4 cm³/mol. The molecule has 0 atom stereocenters. The molecule has 0 fully saturated rings. The first-order chi connectivity index (χ1) is 9.61. The Morgan fingerprint density at radius 2 is 2.10 bits per heavy atom. The quantitative estimate of drug-likeness (QED) is 0.867. The fourth-order valence-corrected chi connectivity index (χ4v) is 2.18. The summed E-state index contributed by atoms with van der Waals surface area (Å²) >= 11 is 6.09. The topological polar surface area (TPSA) is 98.9 Å². The van der Waals surface area contributed by atoms with Crippen LogP contribution in [0.4, 0.5) is 0 Å². The van der Waals surface area contributed by atoms with Crippen molar-refractivity contribution in [3.8, 4) is 22.8 Å². The number of rotatable bonds is 3. The van der Waals surface area contributed by atoms with Gasteiger partial charge in [0.1, 0.15) is 5.69 Å². The molecule has 0 spiro atoms. The van der Waals surface area contributed by atoms with Gasteiger partial charge in [0.2, 0.25) is 12.6 Å². The standard InChI is InChI=1S/C12H6ClNO6/c13-6-1-5(3-15)10-11(19-4-18-10)9(6)7-2-8(12(16)17)20-14-7/h1-3H,4H2,(H,16,17). The van der Waals surface area contributed by atoms with Gasteiger partial charge in [-0.05, 0) is 6.07 Å². The molecule has 1 N–H and O–H groups in total. The van der Waals surface area contributed by atoms with E-state index < -0.39 is 5.97 Å². The molecular weight excluding hydrogens is 290 g/mol. The SMILES string of the molecule is O=Cc1cc(Cl)c(-c2cc(C(=O)O)on2)c2c1OCO2. The minimum absolute atomic E-state index is 0.0623. The van der Waals surface area contributed by atoms with E-state index in [4.69, 9.17) is 26.2 Å². The maximum atomic E-state index is 11.0. The third kappa shape index (κ3) is 1.79. The molecule has 20 heavy (non-hydrogen) atoms. The van der Waals surface area contributed by atoms with E-state index in [1.807, 2.05) is 0 Å². The van der Waals surface area contributed by atoms with E-state index in [1.54, 1.807) is 0 Å². The second kappa shape index (κ2) is 4.53. The number of nitrogens with zero attached hydrogens (tertiary/aromatic N) is 1. The Morgan fingerprint density at radius 3 is 2.75 bits per heavy atom. The molecule has 8 heteroatoms. The number of hydrogen-bond donors (Lipinski definition) is 1. The summed E-state index contributed by atoms with van der Waals surface area (Å²) < 4.78 is 15.2. The zero-order valence-corrected chi connectivity index (χ0v) is 10.5. The van der Waals surface area contributed by atoms with Crippen molar-refractivity contribution in [2.45, 2.75) is 0 Å². The molecule has 0 radical (unpaired) electrons. The largest absolute Gasteiger partial charge is 0.475 e. The Kier molecular flexibility index (Phi) is 2.83. The summed E-state index contributed by atoms with van der Waals surface area (Å²) in [6, 6.07) is 2.61. The van der Waals surface area contributed by atoms with Gasteiger partial charge < -0.3 is 19.1 Å². The van der Waals surface area contributed by atoms with Gasteiger partial charge in [0, 0.05) is 6.07 Å². The van der Waals surface area contributed by atoms with E-state index in [1.165, 1.54) is 12.1 Å². The first kappa shape index (κ1) is 12.5. The van der Waals surface area contributed by atoms with Crippen molar-refractivity contribution >= 4 is 23.9 Å². The van der Waals surface area contributed by atoms with Crippen molar-refractivity contribution < 1.29 is 28.7 Å². The molecule has 1 aromatic carbocycles. The minimum atomic E-state index is -1.25. The molecule has 2 heterocycles. The van der Waals surface area contributed by atoms with Crippen molar-refractivity contribution in [1.82, 2.24) is 5.16 Å². The summed E-state index contributed by atoms with van der Waals surface area (Å²) in [5, 5.41) is 12.6. The molecule has 3 rings (SSSR count). The van der Waals surface area contributed by atoms with E-state index in [9.17, 15) is 9.59 Å². The number of carboxylic acid groups (broad SMARTS) is 1. The average Bonchev–Trinajstić information content (AvgIpc) is 3.06. The number of aldehydes is 1. The summed E-state index contributed by atoms with van der Waals surface area (Å²) in [7, 11) is 0. The van der Waals surface area contributed by atoms with Gasteiger partial charge in [0.15, 0.2) is 17.8 Å². The highest BCUT2D eigenvalue weighted by molar-refractivity contribution is 6.34. The monoisotopic (exact) mass is 295 g/mol. The van der Waals surface area contributed by atoms with Gasteiger partial charge in [0.25, 0.3) is 0 Å². The number of aromatic carboxylic acids is 1. The van der Waals surface area contributed by atoms with Crippen LogP contribution in [-0.4, -0.2) is 29.3 Å². The normalized spacial score (nSPS) is 12.4. The third-order valence-electron chi connectivity index (χ3n) is 2.73. The number of carboxylic acids is 1. The van der Waals surface area contributed by atoms with Gasteiger partial charge in [-0.3, -0.25) is 4.79 Å². The summed E-state index contributed by atoms with van der Waals surface area (Å²) in [5.41, 5.74) is 0.751. The predicted octanol–water partition coefficient (Wildman–Crippen LogP) is 2.23. The lowest BCUT2D eigenvalue weighted by molar-refractivity contribution is 0.0652. The van der Waals surface area contributed by atoms with Crippen LogP contribution in [0.2, 0.25) is 5.02 Å². The summed E-state index contributed by atoms with van der Waals surface area (Å²) in [4.78, 5) is 21.7. The van der Waals surface area contributed by atoms with Gasteiger partial charge in [-0.15, -0.1) is 0 Å². The maximum Gasteiger partial charge on any atom is 0.374 e. The Labute approximate surface area is 116 Å². The van der Waals surface area contributed by atoms with Crippen LogP contribution >= 0.6 is 11.6 Å². The van der Waals surface area contributed by atoms with Crippen molar-refractivity contribution in [2.75, 3.05) is 6.79 Å². The second-order valence-electron chi connectivity index (χ2n) is 3.89. The second-order valence-corrected chi connectivity index (χ2v) is 4.29. The van der Waals surface area contributed by atoms with E-state index in [-0.39, 0.29) is 40.3 Å². The molecule has 7 nitrogen and oxygen atoms in total. The number of fused-ring (bicyclic) bond motifs is 1. The highest BCUT2D eigenvalue weighted by Crippen LogP contribution is 2.47. The average molecular weight is 296 g/mol. The lowest BCUT2D eigenvalue weighted by atomic mass is 10.1. The van der Waals surface area contributed by atoms with E-state index in [0.29, 0.717) is 11.8 Å². The highest BCUT2D eigenvalue weighted by Gasteiger charge is 2.27. The Morgan fingerprint density at radius 1 is 1.35 bits per heavy atom. The van der Waals surface area contributed by atoms with Crippen LogP contribution in [0.5, 0.6) is 11.5 Å². The molecule has 0 bridgehead atoms. The summed E-state index contributed by atoms with van der Waals surface area (Å²) in [6.45, 7) is -0.0623. The zero-order valence-electron chi connectivity index (χ0n) is 9.75. The van der Waals surface area contributed by atoms with Crippen LogP contribution < -0.4 is 9.47 Å². The highest BCUT2D eigenvalue weighted by atomic mass is 35.5. The minimum Gasteiger partial charge on any atom is -0.475 e. The number of benzene rings is 1. The number of halogens is 1. The molecular formula is C12H6ClNO6. The Bertz CT molecular complexity index is 723. The molecule has 1 aliphatic rings. The van der Waals surface area contributed by atoms with Gasteiger partial charge in [-0.1, -0.05) is 16.8 Å². The molecule has 0 amide bonds. The van der Waals surface area contributed by atoms with Crippen LogP contribution in [0.3, 0.4) is 0 Å². The van der Waals surface area contributed by atoms with E-state index in [0.717, 1.165) is 0 Å². The van der Waals surface area contributed by atoms with Crippen molar-refractivity contribution in [2.24, 2.45) is 0 Å². The lowest BCUT2D eigenvalue weighted by Crippen LogP contribution is -1.94. The third-order valence-corrected chi connectivity index (χ3v) is 3.03. The molecule has 2 aromatic rings. The molecule has 0 unspecified atom stereocenters. The fraction of sp³-hybridized carbons (Fsp3) is 0.0833. The van der Waals surface area contributed by atoms with Gasteiger partial charge in [-0.25, -0.2) is 4.79 Å². The first-order valence-electron chi connectivity index (χ1n) is 5.39. The molecule has 102 valence electrons. The zero-order chi connectivity index (χ0) is 14.3. The number of hydrogen-bond acceptors (Lipinski definition) is 6. The first-order valence-corrected chi connectivity index (χ1v) is 5.77. The van der Waals surface area contributed by atoms with Crippen molar-refractivity contribution in [3.05, 3.63) is 28.5 Å². The number of aromatic nitrogens is 1. The van der Waals surface area contributed by atoms with Crippen LogP contribution in [-0.2, 0) is 0 Å². The summed E-state index contributed by atoms with van der Waals surface area (Å²) in [6.07, 6.45) is 0.592. The van der Waals surface area contributed by atoms with Crippen LogP contribution in [0, 0.1) is 0 Å². The van der Waals surface area contributed by atoms with E-state index in [2.05, 4.69) is 9.68 Å². The number of carbonyl (C=O) groups excluding carboxylic acids is 1. The molecule has 1 aromatic heterocycles. The van der Waals surface area contributed by atoms with Crippen LogP contribution in [0.15, 0.2) is 16.7 Å². The van der Waals surface area contributed by atoms with Crippen LogP contribution in [0.25, 0.3) is 11.3 Å². The van der Waals surface area contributed by atoms with Gasteiger partial charge in [-0.2, -0.15) is 0 Å². The lowest BCUT2D eigenvalue weighted by Gasteiger charge is -2.06. The number of carbonyl (C=O) groups is 2. The van der Waals surface area contributed by atoms with Crippen molar-refractivity contribution in [3.63, 3.8) is 0 Å². The Balaban J connectivity index is 2.21. The molecule has 0 saturated carbocycles. The van der Waals surface area contributed by atoms with Crippen molar-refractivity contribution in [1.29, 1.82) is 0 Å². The number of ether oxygens (including phenoxy) is 2.